The first kappa shape index (κ1) is 19.3. The van der Waals surface area contributed by atoms with E-state index >= 15 is 0 Å². The molecule has 0 aliphatic carbocycles. The standard InChI is InChI=1S/C21H21FN4O2/c1-15-18(16(2)26(25-15)13-17-8-4-3-5-9-17)12-23-24-21(27)14-28-20-11-7-6-10-19(20)22/h3-12H,13-14H2,1-2H3,(H,24,27)/b23-12-. The number of rotatable bonds is 7. The number of carbonyl (C=O) groups excluding carboxylic acids is 1. The highest BCUT2D eigenvalue weighted by Gasteiger charge is 2.10. The van der Waals surface area contributed by atoms with E-state index in [1.165, 1.54) is 12.1 Å². The van der Waals surface area contributed by atoms with Crippen molar-refractivity contribution in [2.75, 3.05) is 6.61 Å². The Balaban J connectivity index is 1.58. The molecule has 0 saturated heterocycles. The molecule has 2 aromatic carbocycles. The molecule has 0 saturated carbocycles. The third-order valence-corrected chi connectivity index (χ3v) is 4.19. The van der Waals surface area contributed by atoms with E-state index < -0.39 is 11.7 Å². The topological polar surface area (TPSA) is 68.5 Å². The molecule has 0 aliphatic heterocycles. The van der Waals surface area contributed by atoms with Crippen LogP contribution in [0.3, 0.4) is 0 Å². The quantitative estimate of drug-likeness (QED) is 0.505. The average Bonchev–Trinajstić information content (AvgIpc) is 2.95. The van der Waals surface area contributed by atoms with Crippen molar-refractivity contribution in [2.45, 2.75) is 20.4 Å². The first-order valence-corrected chi connectivity index (χ1v) is 8.81. The van der Waals surface area contributed by atoms with Crippen LogP contribution in [-0.4, -0.2) is 28.5 Å². The van der Waals surface area contributed by atoms with Crippen LogP contribution < -0.4 is 10.2 Å². The van der Waals surface area contributed by atoms with Crippen molar-refractivity contribution in [1.82, 2.24) is 15.2 Å². The number of halogens is 1. The number of aromatic nitrogens is 2. The van der Waals surface area contributed by atoms with Gasteiger partial charge in [-0.1, -0.05) is 42.5 Å². The molecule has 0 unspecified atom stereocenters. The van der Waals surface area contributed by atoms with Crippen LogP contribution in [0.15, 0.2) is 59.7 Å². The SMILES string of the molecule is Cc1nn(Cc2ccccc2)c(C)c1/C=N\NC(=O)COc1ccccc1F. The van der Waals surface area contributed by atoms with Gasteiger partial charge in [0.05, 0.1) is 18.5 Å². The second-order valence-electron chi connectivity index (χ2n) is 6.24. The second-order valence-corrected chi connectivity index (χ2v) is 6.24. The molecule has 0 spiro atoms. The van der Waals surface area contributed by atoms with Crippen molar-refractivity contribution in [2.24, 2.45) is 5.10 Å². The number of para-hydroxylation sites is 1. The third-order valence-electron chi connectivity index (χ3n) is 4.19. The van der Waals surface area contributed by atoms with Gasteiger partial charge in [0.2, 0.25) is 0 Å². The van der Waals surface area contributed by atoms with Crippen LogP contribution in [-0.2, 0) is 11.3 Å². The van der Waals surface area contributed by atoms with Crippen molar-refractivity contribution in [1.29, 1.82) is 0 Å². The lowest BCUT2D eigenvalue weighted by Crippen LogP contribution is -2.24. The summed E-state index contributed by atoms with van der Waals surface area (Å²) in [5.41, 5.74) is 6.13. The van der Waals surface area contributed by atoms with Crippen LogP contribution in [0.25, 0.3) is 0 Å². The number of carbonyl (C=O) groups is 1. The van der Waals surface area contributed by atoms with Crippen molar-refractivity contribution in [3.8, 4) is 5.75 Å². The highest BCUT2D eigenvalue weighted by molar-refractivity contribution is 5.84. The zero-order chi connectivity index (χ0) is 19.9. The molecule has 3 rings (SSSR count). The maximum Gasteiger partial charge on any atom is 0.277 e. The van der Waals surface area contributed by atoms with E-state index in [0.717, 1.165) is 22.5 Å². The first-order chi connectivity index (χ1) is 13.5. The number of ether oxygens (including phenoxy) is 1. The Hall–Kier alpha value is -3.48. The van der Waals surface area contributed by atoms with Crippen molar-refractivity contribution in [3.05, 3.63) is 82.9 Å². The molecule has 1 heterocycles. The molecule has 0 aliphatic rings. The van der Waals surface area contributed by atoms with Crippen LogP contribution >= 0.6 is 0 Å². The minimum absolute atomic E-state index is 0.0236. The van der Waals surface area contributed by atoms with Crippen LogP contribution in [0.1, 0.15) is 22.5 Å². The zero-order valence-electron chi connectivity index (χ0n) is 15.7. The molecular weight excluding hydrogens is 359 g/mol. The maximum absolute atomic E-state index is 13.5. The van der Waals surface area contributed by atoms with Gasteiger partial charge >= 0.3 is 0 Å². The fraction of sp³-hybridized carbons (Fsp3) is 0.190. The summed E-state index contributed by atoms with van der Waals surface area (Å²) < 4.78 is 20.5. The van der Waals surface area contributed by atoms with E-state index in [4.69, 9.17) is 4.74 Å². The second kappa shape index (κ2) is 8.94. The van der Waals surface area contributed by atoms with Gasteiger partial charge in [-0.3, -0.25) is 9.48 Å². The lowest BCUT2D eigenvalue weighted by molar-refractivity contribution is -0.123. The van der Waals surface area contributed by atoms with Crippen molar-refractivity contribution >= 4 is 12.1 Å². The Morgan fingerprint density at radius 1 is 1.18 bits per heavy atom. The lowest BCUT2D eigenvalue weighted by Gasteiger charge is -2.05. The van der Waals surface area contributed by atoms with Crippen molar-refractivity contribution in [3.63, 3.8) is 0 Å². The largest absolute Gasteiger partial charge is 0.481 e. The van der Waals surface area contributed by atoms with Crippen LogP contribution in [0.5, 0.6) is 5.75 Å². The number of hydrogen-bond acceptors (Lipinski definition) is 4. The lowest BCUT2D eigenvalue weighted by atomic mass is 10.2. The van der Waals surface area contributed by atoms with Gasteiger partial charge in [0, 0.05) is 11.3 Å². The van der Waals surface area contributed by atoms with E-state index in [2.05, 4.69) is 15.6 Å². The maximum atomic E-state index is 13.5. The number of nitrogens with one attached hydrogen (secondary N) is 1. The monoisotopic (exact) mass is 380 g/mol. The Kier molecular flexibility index (Phi) is 6.16. The summed E-state index contributed by atoms with van der Waals surface area (Å²) in [6.45, 7) is 4.17. The summed E-state index contributed by atoms with van der Waals surface area (Å²) in [6.07, 6.45) is 1.56. The number of amides is 1. The molecule has 28 heavy (non-hydrogen) atoms. The average molecular weight is 380 g/mol. The minimum atomic E-state index is -0.518. The number of hydrogen-bond donors (Lipinski definition) is 1. The van der Waals surface area contributed by atoms with Gasteiger partial charge < -0.3 is 4.74 Å². The predicted octanol–water partition coefficient (Wildman–Crippen LogP) is 3.22. The smallest absolute Gasteiger partial charge is 0.277 e. The number of aryl methyl sites for hydroxylation is 1. The van der Waals surface area contributed by atoms with Crippen LogP contribution in [0.4, 0.5) is 4.39 Å². The van der Waals surface area contributed by atoms with E-state index in [-0.39, 0.29) is 12.4 Å². The Morgan fingerprint density at radius 2 is 1.89 bits per heavy atom. The van der Waals surface area contributed by atoms with Gasteiger partial charge in [0.15, 0.2) is 18.2 Å². The normalized spacial score (nSPS) is 11.0. The molecule has 6 nitrogen and oxygen atoms in total. The minimum Gasteiger partial charge on any atom is -0.481 e. The molecule has 1 amide bonds. The van der Waals surface area contributed by atoms with E-state index in [9.17, 15) is 9.18 Å². The van der Waals surface area contributed by atoms with E-state index in [1.54, 1.807) is 18.3 Å². The van der Waals surface area contributed by atoms with Gasteiger partial charge in [-0.25, -0.2) is 9.82 Å². The van der Waals surface area contributed by atoms with Crippen LogP contribution in [0.2, 0.25) is 0 Å². The van der Waals surface area contributed by atoms with E-state index in [0.29, 0.717) is 6.54 Å². The fourth-order valence-corrected chi connectivity index (χ4v) is 2.71. The van der Waals surface area contributed by atoms with Crippen molar-refractivity contribution < 1.29 is 13.9 Å². The summed E-state index contributed by atoms with van der Waals surface area (Å²) in [5.74, 6) is -0.974. The number of nitrogens with zero attached hydrogens (tertiary/aromatic N) is 3. The number of benzene rings is 2. The molecule has 1 aromatic heterocycles. The molecule has 0 fully saturated rings. The van der Waals surface area contributed by atoms with Gasteiger partial charge in [-0.05, 0) is 31.5 Å². The predicted molar refractivity (Wildman–Crippen MR) is 105 cm³/mol. The molecule has 144 valence electrons. The molecule has 0 bridgehead atoms. The number of hydrazone groups is 1. The molecule has 3 aromatic rings. The van der Waals surface area contributed by atoms with Gasteiger partial charge in [0.1, 0.15) is 0 Å². The van der Waals surface area contributed by atoms with Gasteiger partial charge in [0.25, 0.3) is 5.91 Å². The zero-order valence-corrected chi connectivity index (χ0v) is 15.7. The molecule has 0 atom stereocenters. The Morgan fingerprint density at radius 3 is 2.64 bits per heavy atom. The summed E-state index contributed by atoms with van der Waals surface area (Å²) in [6, 6.07) is 15.9. The molecule has 7 heteroatoms. The summed E-state index contributed by atoms with van der Waals surface area (Å²) in [4.78, 5) is 11.8. The summed E-state index contributed by atoms with van der Waals surface area (Å²) >= 11 is 0. The Bertz CT molecular complexity index is 983. The summed E-state index contributed by atoms with van der Waals surface area (Å²) in [7, 11) is 0. The molecule has 1 N–H and O–H groups in total. The highest BCUT2D eigenvalue weighted by Crippen LogP contribution is 2.15. The first-order valence-electron chi connectivity index (χ1n) is 8.81. The molecular formula is C21H21FN4O2. The Labute approximate surface area is 162 Å². The highest BCUT2D eigenvalue weighted by atomic mass is 19.1. The van der Waals surface area contributed by atoms with Gasteiger partial charge in [-0.15, -0.1) is 0 Å². The van der Waals surface area contributed by atoms with Crippen LogP contribution in [0, 0.1) is 19.7 Å². The fourth-order valence-electron chi connectivity index (χ4n) is 2.71. The molecule has 0 radical (unpaired) electrons. The van der Waals surface area contributed by atoms with E-state index in [1.807, 2.05) is 48.9 Å². The third kappa shape index (κ3) is 4.82. The van der Waals surface area contributed by atoms with Gasteiger partial charge in [-0.2, -0.15) is 10.2 Å². The summed E-state index contributed by atoms with van der Waals surface area (Å²) in [5, 5.41) is 8.50.